The van der Waals surface area contributed by atoms with Crippen molar-refractivity contribution < 1.29 is 28.7 Å². The van der Waals surface area contributed by atoms with Gasteiger partial charge in [-0.15, -0.1) is 11.8 Å². The minimum atomic E-state index is -0.786. The van der Waals surface area contributed by atoms with Crippen molar-refractivity contribution in [3.63, 3.8) is 0 Å². The summed E-state index contributed by atoms with van der Waals surface area (Å²) in [5.74, 6) is 5.13. The lowest BCUT2D eigenvalue weighted by atomic mass is 10.1. The Kier molecular flexibility index (Phi) is 8.43. The number of nitrogens with zero attached hydrogens (tertiary/aromatic N) is 4. The first kappa shape index (κ1) is 24.9. The van der Waals surface area contributed by atoms with E-state index in [1.165, 1.54) is 42.0 Å². The maximum absolute atomic E-state index is 12.4. The molecule has 0 fully saturated rings. The molecule has 32 heavy (non-hydrogen) atoms. The van der Waals surface area contributed by atoms with Crippen LogP contribution in [0.4, 0.5) is 0 Å². The molecular weight excluding hydrogens is 442 g/mol. The number of allylic oxidation sites excluding steroid dienone is 1. The second-order valence-electron chi connectivity index (χ2n) is 6.64. The lowest BCUT2D eigenvalue weighted by Crippen LogP contribution is -2.45. The first-order chi connectivity index (χ1) is 15.1. The Morgan fingerprint density at radius 1 is 1.31 bits per heavy atom. The van der Waals surface area contributed by atoms with Crippen LogP contribution in [0.5, 0.6) is 11.5 Å². The van der Waals surface area contributed by atoms with Crippen molar-refractivity contribution in [1.29, 1.82) is 0 Å². The minimum absolute atomic E-state index is 0.0802. The van der Waals surface area contributed by atoms with Gasteiger partial charge in [0.15, 0.2) is 5.50 Å². The molecule has 13 heteroatoms. The van der Waals surface area contributed by atoms with Crippen LogP contribution in [0.3, 0.4) is 0 Å². The number of methoxy groups -OCH3 is 1. The normalized spacial score (nSPS) is 15.8. The summed E-state index contributed by atoms with van der Waals surface area (Å²) in [4.78, 5) is 41.1. The smallest absolute Gasteiger partial charge is 0.352 e. The summed E-state index contributed by atoms with van der Waals surface area (Å²) in [6.45, 7) is 1.75. The Hall–Kier alpha value is -3.32. The van der Waals surface area contributed by atoms with Gasteiger partial charge >= 0.3 is 11.7 Å². The fraction of sp³-hybridized carbons (Fsp3) is 0.421. The fourth-order valence-electron chi connectivity index (χ4n) is 2.77. The molecular formula is C19H25N5O7S. The van der Waals surface area contributed by atoms with Crippen molar-refractivity contribution in [1.82, 2.24) is 9.91 Å². The van der Waals surface area contributed by atoms with Crippen molar-refractivity contribution in [2.75, 3.05) is 34.1 Å². The van der Waals surface area contributed by atoms with Gasteiger partial charge < -0.3 is 19.1 Å². The van der Waals surface area contributed by atoms with Crippen LogP contribution in [-0.2, 0) is 9.53 Å². The second kappa shape index (κ2) is 10.8. The summed E-state index contributed by atoms with van der Waals surface area (Å²) in [7, 11) is 4.58. The molecule has 0 spiro atoms. The molecule has 0 saturated carbocycles. The number of benzene rings is 1. The van der Waals surface area contributed by atoms with Gasteiger partial charge in [0.2, 0.25) is 0 Å². The van der Waals surface area contributed by atoms with Gasteiger partial charge in [-0.1, -0.05) is 0 Å². The number of thioether (sulfide) groups is 1. The molecule has 1 aliphatic rings. The summed E-state index contributed by atoms with van der Waals surface area (Å²) in [5.41, 5.74) is -1.24. The molecule has 1 heterocycles. The monoisotopic (exact) mass is 467 g/mol. The molecule has 1 unspecified atom stereocenters. The summed E-state index contributed by atoms with van der Waals surface area (Å²) in [6.07, 6.45) is 1.27. The zero-order valence-electron chi connectivity index (χ0n) is 18.4. The van der Waals surface area contributed by atoms with E-state index in [-0.39, 0.29) is 35.4 Å². The third kappa shape index (κ3) is 5.68. The maximum atomic E-state index is 12.4. The summed E-state index contributed by atoms with van der Waals surface area (Å²) < 4.78 is 15.9. The maximum Gasteiger partial charge on any atom is 0.352 e. The average Bonchev–Trinajstić information content (AvgIpc) is 2.74. The number of rotatable bonds is 9. The van der Waals surface area contributed by atoms with Gasteiger partial charge in [0.05, 0.1) is 25.1 Å². The lowest BCUT2D eigenvalue weighted by molar-refractivity contribution is -0.419. The summed E-state index contributed by atoms with van der Waals surface area (Å²) in [6, 6.07) is 4.38. The van der Waals surface area contributed by atoms with Crippen LogP contribution in [0.25, 0.3) is 0 Å². The van der Waals surface area contributed by atoms with Gasteiger partial charge in [-0.05, 0) is 25.3 Å². The van der Waals surface area contributed by atoms with E-state index >= 15 is 0 Å². The van der Waals surface area contributed by atoms with E-state index in [1.54, 1.807) is 27.3 Å². The van der Waals surface area contributed by atoms with Crippen LogP contribution in [-0.4, -0.2) is 72.0 Å². The molecule has 0 bridgehead atoms. The van der Waals surface area contributed by atoms with E-state index in [1.807, 2.05) is 0 Å². The van der Waals surface area contributed by atoms with Crippen molar-refractivity contribution in [3.8, 4) is 11.5 Å². The summed E-state index contributed by atoms with van der Waals surface area (Å²) in [5, 5.41) is 12.9. The molecule has 1 amide bonds. The molecule has 2 rings (SSSR count). The number of hydrazine groups is 1. The van der Waals surface area contributed by atoms with Crippen molar-refractivity contribution in [3.05, 3.63) is 45.5 Å². The molecule has 0 aliphatic carbocycles. The van der Waals surface area contributed by atoms with Gasteiger partial charge in [0, 0.05) is 25.7 Å². The Morgan fingerprint density at radius 2 is 1.97 bits per heavy atom. The second-order valence-corrected chi connectivity index (χ2v) is 7.53. The number of amides is 1. The van der Waals surface area contributed by atoms with Crippen LogP contribution in [0.1, 0.15) is 23.7 Å². The van der Waals surface area contributed by atoms with E-state index in [0.717, 1.165) is 5.01 Å². The van der Waals surface area contributed by atoms with Crippen LogP contribution in [0.15, 0.2) is 34.8 Å². The SMILES string of the molecule is CCOC(=O)CC1=NC(SC)N(N)C(Oc2cc(OC)cc(C(=O)N(C)C)c2)=C1[N+](=O)[O-]. The zero-order chi connectivity index (χ0) is 24.0. The van der Waals surface area contributed by atoms with Crippen LogP contribution >= 0.6 is 11.8 Å². The Bertz CT molecular complexity index is 963. The van der Waals surface area contributed by atoms with Crippen LogP contribution < -0.4 is 15.3 Å². The average molecular weight is 468 g/mol. The lowest BCUT2D eigenvalue weighted by Gasteiger charge is -2.30. The molecule has 12 nitrogen and oxygen atoms in total. The topological polar surface area (TPSA) is 150 Å². The molecule has 1 aromatic rings. The Balaban J connectivity index is 2.57. The number of carbonyl (C=O) groups excluding carboxylic acids is 2. The number of ether oxygens (including phenoxy) is 3. The highest BCUT2D eigenvalue weighted by Crippen LogP contribution is 2.31. The van der Waals surface area contributed by atoms with Crippen LogP contribution in [0.2, 0.25) is 0 Å². The van der Waals surface area contributed by atoms with E-state index in [4.69, 9.17) is 20.1 Å². The van der Waals surface area contributed by atoms with Gasteiger partial charge in [-0.2, -0.15) is 0 Å². The molecule has 174 valence electrons. The highest BCUT2D eigenvalue weighted by atomic mass is 32.2. The first-order valence-electron chi connectivity index (χ1n) is 9.39. The number of carbonyl (C=O) groups is 2. The van der Waals surface area contributed by atoms with E-state index in [2.05, 4.69) is 4.99 Å². The third-order valence-corrected chi connectivity index (χ3v) is 4.96. The molecule has 0 saturated heterocycles. The van der Waals surface area contributed by atoms with E-state index < -0.39 is 28.5 Å². The van der Waals surface area contributed by atoms with Gasteiger partial charge in [0.1, 0.15) is 17.2 Å². The number of esters is 1. The molecule has 1 atom stereocenters. The highest BCUT2D eigenvalue weighted by Gasteiger charge is 2.39. The first-order valence-corrected chi connectivity index (χ1v) is 10.7. The minimum Gasteiger partial charge on any atom is -0.497 e. The number of hydrogen-bond acceptors (Lipinski definition) is 11. The number of nitrogens with two attached hydrogens (primary N) is 1. The van der Waals surface area contributed by atoms with Gasteiger partial charge in [-0.3, -0.25) is 19.7 Å². The third-order valence-electron chi connectivity index (χ3n) is 4.21. The Labute approximate surface area is 189 Å². The predicted octanol–water partition coefficient (Wildman–Crippen LogP) is 1.45. The number of hydrogen-bond donors (Lipinski definition) is 1. The molecule has 1 aromatic carbocycles. The molecule has 0 aromatic heterocycles. The standard InChI is InChI=1S/C19H25N5O7S/c1-6-30-15(25)10-14-16(24(27)28)18(23(20)19(21-14)32-5)31-13-8-11(17(26)22(2)3)7-12(9-13)29-4/h7-9,19H,6,10,20H2,1-5H3. The van der Waals surface area contributed by atoms with Gasteiger partial charge in [0.25, 0.3) is 11.8 Å². The van der Waals surface area contributed by atoms with E-state index in [0.29, 0.717) is 5.75 Å². The number of aliphatic imine (C=N–C) groups is 1. The van der Waals surface area contributed by atoms with Gasteiger partial charge in [-0.25, -0.2) is 15.8 Å². The molecule has 2 N–H and O–H groups in total. The van der Waals surface area contributed by atoms with Crippen molar-refractivity contribution in [2.45, 2.75) is 18.8 Å². The fourth-order valence-corrected chi connectivity index (χ4v) is 3.33. The predicted molar refractivity (Wildman–Crippen MR) is 118 cm³/mol. The highest BCUT2D eigenvalue weighted by molar-refractivity contribution is 7.99. The number of nitro groups is 1. The quantitative estimate of drug-likeness (QED) is 0.245. The zero-order valence-corrected chi connectivity index (χ0v) is 19.2. The molecule has 1 aliphatic heterocycles. The molecule has 0 radical (unpaired) electrons. The Morgan fingerprint density at radius 3 is 2.50 bits per heavy atom. The van der Waals surface area contributed by atoms with E-state index in [9.17, 15) is 19.7 Å². The largest absolute Gasteiger partial charge is 0.497 e. The van der Waals surface area contributed by atoms with Crippen LogP contribution in [0, 0.1) is 10.1 Å². The summed E-state index contributed by atoms with van der Waals surface area (Å²) >= 11 is 1.18. The van der Waals surface area contributed by atoms with Crippen molar-refractivity contribution in [2.24, 2.45) is 10.8 Å². The van der Waals surface area contributed by atoms with Crippen molar-refractivity contribution >= 4 is 29.4 Å².